The van der Waals surface area contributed by atoms with Gasteiger partial charge in [0.2, 0.25) is 0 Å². The second-order valence-electron chi connectivity index (χ2n) is 14.2. The molecule has 348 valence electrons. The van der Waals surface area contributed by atoms with E-state index < -0.39 is 58.7 Å². The topological polar surface area (TPSA) is 204 Å². The van der Waals surface area contributed by atoms with Crippen molar-refractivity contribution in [2.24, 2.45) is 5.73 Å². The molecule has 18 heteroatoms. The Morgan fingerprint density at radius 1 is 0.778 bits per heavy atom. The Hall–Kier alpha value is -6.33. The summed E-state index contributed by atoms with van der Waals surface area (Å²) in [4.78, 5) is 79.1. The normalized spacial score (nSPS) is 13.5. The summed E-state index contributed by atoms with van der Waals surface area (Å²) in [7, 11) is 2.47. The zero-order valence-corrected chi connectivity index (χ0v) is 37.7. The number of ketones is 1. The number of dihydropyridines is 1. The Balaban J connectivity index is 0.00000101. The van der Waals surface area contributed by atoms with Gasteiger partial charge in [-0.2, -0.15) is 0 Å². The summed E-state index contributed by atoms with van der Waals surface area (Å²) in [6.45, 7) is 14.2. The minimum atomic E-state index is -2.14. The summed E-state index contributed by atoms with van der Waals surface area (Å²) < 4.78 is 80.5. The van der Waals surface area contributed by atoms with Crippen LogP contribution < -0.4 is 11.1 Å². The number of ether oxygens (including phenoxy) is 5. The lowest BCUT2D eigenvalue weighted by Crippen LogP contribution is -2.36. The highest BCUT2D eigenvalue weighted by Gasteiger charge is 2.42. The Bertz CT molecular complexity index is 2040. The quantitative estimate of drug-likeness (QED) is 0.0476. The number of aldehydes is 1. The second kappa shape index (κ2) is 26.9. The number of hydrogen-bond acceptors (Lipinski definition) is 14. The summed E-state index contributed by atoms with van der Waals surface area (Å²) in [5.41, 5.74) is 1.55. The smallest absolute Gasteiger partial charge is 0.336 e. The Kier molecular flexibility index (Phi) is 24.2. The predicted octanol–water partition coefficient (Wildman–Crippen LogP) is 7.33. The number of Topliss-reactive ketones (excluding diaryl/α,β-unsaturated/α-hetero) is 1. The number of carbonyl (C=O) groups excluding carboxylic acids is 7. The van der Waals surface area contributed by atoms with Gasteiger partial charge in [0.15, 0.2) is 6.29 Å². The van der Waals surface area contributed by atoms with Crippen LogP contribution in [0.3, 0.4) is 0 Å². The fraction of sp³-hybridized carbons (Fsp3) is 0.444. The minimum Gasteiger partial charge on any atom is -0.466 e. The van der Waals surface area contributed by atoms with Gasteiger partial charge in [-0.05, 0) is 73.1 Å². The van der Waals surface area contributed by atoms with E-state index in [0.29, 0.717) is 25.0 Å². The van der Waals surface area contributed by atoms with Crippen molar-refractivity contribution in [2.45, 2.75) is 99.3 Å². The van der Waals surface area contributed by atoms with Gasteiger partial charge in [0, 0.05) is 47.5 Å². The molecule has 1 unspecified atom stereocenters. The molecule has 14 nitrogen and oxygen atoms in total. The van der Waals surface area contributed by atoms with Gasteiger partial charge < -0.3 is 34.7 Å². The van der Waals surface area contributed by atoms with E-state index in [1.54, 1.807) is 34.6 Å². The fourth-order valence-corrected chi connectivity index (χ4v) is 5.74. The van der Waals surface area contributed by atoms with Gasteiger partial charge in [0.05, 0.1) is 50.2 Å². The van der Waals surface area contributed by atoms with Crippen molar-refractivity contribution in [3.05, 3.63) is 105 Å². The molecule has 2 aromatic rings. The van der Waals surface area contributed by atoms with Crippen LogP contribution in [0.5, 0.6) is 0 Å². The Morgan fingerprint density at radius 3 is 1.73 bits per heavy atom. The molecule has 0 saturated carbocycles. The molecule has 3 rings (SSSR count). The third kappa shape index (κ3) is 18.7. The van der Waals surface area contributed by atoms with Crippen molar-refractivity contribution in [3.63, 3.8) is 0 Å². The third-order valence-electron chi connectivity index (χ3n) is 8.27. The van der Waals surface area contributed by atoms with Crippen LogP contribution >= 0.6 is 0 Å². The standard InChI is InChI=1S/C23H27F2NO6.C10H10F2O.C7H12O3.C5H9NO2/c1-7-31-22(29)19-16(11-32-13(3)27)26-12(2)17(21(28)30-6)18(19)14-9-8-10-15(24)20(14)23(4,5)25;1-10(2,12)9-7(6-13)4-3-5-8(9)11;1-3-6(8)5-7(9)10-4-2;1-4(6)3-5(7)8-2/h8-10,18,26H,7,11H2,1-6H3;3-6H,1-2H3;3-5H2,1-2H3;3H,6H2,1-2H3/b;;;4-3-. The number of alkyl halides is 2. The molecule has 1 heterocycles. The lowest BCUT2D eigenvalue weighted by molar-refractivity contribution is -0.146. The zero-order chi connectivity index (χ0) is 48.8. The van der Waals surface area contributed by atoms with Crippen molar-refractivity contribution in [1.82, 2.24) is 5.32 Å². The molecular weight excluding hydrogens is 836 g/mol. The van der Waals surface area contributed by atoms with Crippen molar-refractivity contribution >= 4 is 41.9 Å². The number of allylic oxidation sites excluding steroid dienone is 2. The number of carbonyl (C=O) groups is 7. The fourth-order valence-electron chi connectivity index (χ4n) is 5.74. The van der Waals surface area contributed by atoms with Crippen LogP contribution in [0.25, 0.3) is 0 Å². The zero-order valence-electron chi connectivity index (χ0n) is 37.7. The number of rotatable bonds is 14. The summed E-state index contributed by atoms with van der Waals surface area (Å²) >= 11 is 0. The molecule has 63 heavy (non-hydrogen) atoms. The van der Waals surface area contributed by atoms with E-state index in [-0.39, 0.29) is 70.2 Å². The average molecular weight is 895 g/mol. The Morgan fingerprint density at radius 2 is 1.32 bits per heavy atom. The third-order valence-corrected chi connectivity index (χ3v) is 8.27. The van der Waals surface area contributed by atoms with E-state index in [1.165, 1.54) is 72.1 Å². The number of nitrogens with one attached hydrogen (secondary N) is 1. The number of nitrogens with two attached hydrogens (primary N) is 1. The van der Waals surface area contributed by atoms with Gasteiger partial charge in [-0.15, -0.1) is 0 Å². The van der Waals surface area contributed by atoms with Crippen LogP contribution in [0.4, 0.5) is 17.6 Å². The highest BCUT2D eigenvalue weighted by Crippen LogP contribution is 2.44. The maximum absolute atomic E-state index is 15.1. The first kappa shape index (κ1) is 56.7. The van der Waals surface area contributed by atoms with E-state index in [9.17, 15) is 46.7 Å². The van der Waals surface area contributed by atoms with Crippen LogP contribution in [0.1, 0.15) is 115 Å². The first-order valence-electron chi connectivity index (χ1n) is 19.5. The van der Waals surface area contributed by atoms with Gasteiger partial charge >= 0.3 is 29.8 Å². The van der Waals surface area contributed by atoms with Crippen molar-refractivity contribution in [2.75, 3.05) is 34.0 Å². The van der Waals surface area contributed by atoms with Crippen molar-refractivity contribution < 1.29 is 74.8 Å². The van der Waals surface area contributed by atoms with Gasteiger partial charge in [0.25, 0.3) is 0 Å². The van der Waals surface area contributed by atoms with Crippen molar-refractivity contribution in [1.29, 1.82) is 0 Å². The van der Waals surface area contributed by atoms with Crippen LogP contribution in [-0.4, -0.2) is 76.0 Å². The summed E-state index contributed by atoms with van der Waals surface area (Å²) in [5, 5.41) is 2.89. The number of halogens is 4. The summed E-state index contributed by atoms with van der Waals surface area (Å²) in [5.74, 6) is -5.87. The molecule has 2 aromatic carbocycles. The molecule has 1 aliphatic rings. The minimum absolute atomic E-state index is 0.0107. The van der Waals surface area contributed by atoms with Crippen LogP contribution in [0.2, 0.25) is 0 Å². The molecule has 0 radical (unpaired) electrons. The molecule has 0 fully saturated rings. The van der Waals surface area contributed by atoms with E-state index in [0.717, 1.165) is 19.2 Å². The largest absolute Gasteiger partial charge is 0.466 e. The molecule has 0 saturated heterocycles. The molecular formula is C45H58F4N2O12. The Labute approximate surface area is 365 Å². The lowest BCUT2D eigenvalue weighted by Gasteiger charge is -2.33. The molecule has 0 aromatic heterocycles. The molecule has 1 atom stereocenters. The molecule has 0 aliphatic carbocycles. The monoisotopic (exact) mass is 894 g/mol. The number of esters is 5. The lowest BCUT2D eigenvalue weighted by atomic mass is 9.76. The maximum atomic E-state index is 15.1. The number of benzene rings is 2. The first-order chi connectivity index (χ1) is 29.3. The number of hydrogen-bond donors (Lipinski definition) is 2. The van der Waals surface area contributed by atoms with E-state index in [2.05, 4.69) is 14.8 Å². The molecule has 0 amide bonds. The molecule has 3 N–H and O–H groups in total. The maximum Gasteiger partial charge on any atom is 0.336 e. The van der Waals surface area contributed by atoms with Crippen LogP contribution in [-0.2, 0) is 63.8 Å². The second-order valence-corrected chi connectivity index (χ2v) is 14.2. The number of methoxy groups -OCH3 is 2. The summed E-state index contributed by atoms with van der Waals surface area (Å²) in [6.07, 6.45) is 2.00. The SMILES string of the molecule is CC(C)(F)c1c(F)cccc1C=O.CCOC(=O)C1=C(COC(C)=O)NC(C)=C(C(=O)OC)C1c1cccc(F)c1C(C)(C)F.CCOC(=O)CC(=O)CC.COC(=O)/C=C(/C)N. The average Bonchev–Trinajstić information content (AvgIpc) is 3.18. The molecule has 1 aliphatic heterocycles. The van der Waals surface area contributed by atoms with E-state index >= 15 is 4.39 Å². The highest BCUT2D eigenvalue weighted by molar-refractivity contribution is 6.00. The van der Waals surface area contributed by atoms with Gasteiger partial charge in [0.1, 0.15) is 41.8 Å². The highest BCUT2D eigenvalue weighted by atomic mass is 19.2. The van der Waals surface area contributed by atoms with Gasteiger partial charge in [-0.3, -0.25) is 19.2 Å². The summed E-state index contributed by atoms with van der Waals surface area (Å²) in [6, 6.07) is 7.82. The molecule has 0 spiro atoms. The van der Waals surface area contributed by atoms with E-state index in [1.807, 2.05) is 0 Å². The first-order valence-corrected chi connectivity index (χ1v) is 19.5. The van der Waals surface area contributed by atoms with Crippen LogP contribution in [0, 0.1) is 11.6 Å². The van der Waals surface area contributed by atoms with Gasteiger partial charge in [-0.1, -0.05) is 31.2 Å². The van der Waals surface area contributed by atoms with E-state index in [4.69, 9.17) is 19.9 Å². The molecule has 0 bridgehead atoms. The predicted molar refractivity (Wildman–Crippen MR) is 224 cm³/mol. The van der Waals surface area contributed by atoms with Crippen molar-refractivity contribution in [3.8, 4) is 0 Å². The van der Waals surface area contributed by atoms with Crippen LogP contribution in [0.15, 0.2) is 70.7 Å². The van der Waals surface area contributed by atoms with Gasteiger partial charge in [-0.25, -0.2) is 31.9 Å².